The van der Waals surface area contributed by atoms with Crippen LogP contribution in [0.25, 0.3) is 11.0 Å². The number of nitrogens with one attached hydrogen (secondary N) is 2. The Labute approximate surface area is 170 Å². The van der Waals surface area contributed by atoms with E-state index in [0.717, 1.165) is 35.0 Å². The van der Waals surface area contributed by atoms with E-state index in [2.05, 4.69) is 30.5 Å². The van der Waals surface area contributed by atoms with Crippen molar-refractivity contribution in [1.82, 2.24) is 5.32 Å². The molecule has 1 aliphatic rings. The van der Waals surface area contributed by atoms with Crippen molar-refractivity contribution in [2.24, 2.45) is 0 Å². The first-order chi connectivity index (χ1) is 13.9. The van der Waals surface area contributed by atoms with Crippen LogP contribution in [0.3, 0.4) is 0 Å². The molecule has 1 heterocycles. The highest BCUT2D eigenvalue weighted by Gasteiger charge is 2.23. The summed E-state index contributed by atoms with van der Waals surface area (Å²) in [6, 6.07) is 13.4. The van der Waals surface area contributed by atoms with Crippen LogP contribution in [0, 0.1) is 6.92 Å². The van der Waals surface area contributed by atoms with E-state index in [9.17, 15) is 9.59 Å². The van der Waals surface area contributed by atoms with Gasteiger partial charge in [-0.15, -0.1) is 0 Å². The number of fused-ring (bicyclic) bond motifs is 1. The van der Waals surface area contributed by atoms with Crippen LogP contribution in [0.4, 0.5) is 5.69 Å². The molecule has 2 aromatic carbocycles. The van der Waals surface area contributed by atoms with Gasteiger partial charge in [0.25, 0.3) is 5.91 Å². The molecule has 0 radical (unpaired) electrons. The topological polar surface area (TPSA) is 71.3 Å². The molecule has 0 saturated heterocycles. The second-order valence-corrected chi connectivity index (χ2v) is 8.13. The van der Waals surface area contributed by atoms with Crippen molar-refractivity contribution in [3.63, 3.8) is 0 Å². The van der Waals surface area contributed by atoms with E-state index in [0.29, 0.717) is 29.7 Å². The predicted octanol–water partition coefficient (Wildman–Crippen LogP) is 4.73. The van der Waals surface area contributed by atoms with Gasteiger partial charge >= 0.3 is 5.63 Å². The van der Waals surface area contributed by atoms with Gasteiger partial charge in [-0.1, -0.05) is 13.8 Å². The first-order valence-electron chi connectivity index (χ1n) is 10.1. The molecule has 0 bridgehead atoms. The van der Waals surface area contributed by atoms with Crippen LogP contribution in [0.1, 0.15) is 59.7 Å². The van der Waals surface area contributed by atoms with Gasteiger partial charge in [0.15, 0.2) is 0 Å². The molecule has 5 nitrogen and oxygen atoms in total. The number of benzene rings is 2. The van der Waals surface area contributed by atoms with Gasteiger partial charge in [0, 0.05) is 35.3 Å². The van der Waals surface area contributed by atoms with Crippen LogP contribution in [0.5, 0.6) is 0 Å². The van der Waals surface area contributed by atoms with E-state index in [1.807, 2.05) is 37.3 Å². The predicted molar refractivity (Wildman–Crippen MR) is 116 cm³/mol. The lowest BCUT2D eigenvalue weighted by molar-refractivity contribution is 0.0951. The van der Waals surface area contributed by atoms with Gasteiger partial charge in [-0.3, -0.25) is 4.79 Å². The van der Waals surface area contributed by atoms with Crippen LogP contribution in [0.15, 0.2) is 51.7 Å². The molecule has 0 spiro atoms. The highest BCUT2D eigenvalue weighted by Crippen LogP contribution is 2.27. The highest BCUT2D eigenvalue weighted by molar-refractivity contribution is 5.94. The normalized spacial score (nSPS) is 13.7. The average molecular weight is 390 g/mol. The standard InChI is InChI=1S/C24H26N2O3/c1-14(2)20-12-21-17(11-23(27)29-22(21)10-15(20)3)13-25-18-6-4-16(5-7-18)24(28)26-19-8-9-19/h4-7,10-12,14,19,25H,8-9,13H2,1-3H3,(H,26,28). The van der Waals surface area contributed by atoms with Gasteiger partial charge in [0.05, 0.1) is 0 Å². The van der Waals surface area contributed by atoms with E-state index >= 15 is 0 Å². The third kappa shape index (κ3) is 4.34. The van der Waals surface area contributed by atoms with Gasteiger partial charge in [-0.2, -0.15) is 0 Å². The van der Waals surface area contributed by atoms with Crippen LogP contribution in [0.2, 0.25) is 0 Å². The number of amides is 1. The van der Waals surface area contributed by atoms with Gasteiger partial charge in [-0.25, -0.2) is 4.79 Å². The molecule has 0 aliphatic heterocycles. The number of hydrogen-bond donors (Lipinski definition) is 2. The van der Waals surface area contributed by atoms with Crippen molar-refractivity contribution >= 4 is 22.6 Å². The Balaban J connectivity index is 1.55. The molecule has 1 saturated carbocycles. The Morgan fingerprint density at radius 1 is 1.14 bits per heavy atom. The molecule has 1 amide bonds. The summed E-state index contributed by atoms with van der Waals surface area (Å²) >= 11 is 0. The number of carbonyl (C=O) groups is 1. The molecule has 5 heteroatoms. The van der Waals surface area contributed by atoms with Gasteiger partial charge < -0.3 is 15.1 Å². The molecule has 150 valence electrons. The third-order valence-corrected chi connectivity index (χ3v) is 5.38. The number of hydrogen-bond acceptors (Lipinski definition) is 4. The Morgan fingerprint density at radius 2 is 1.86 bits per heavy atom. The Morgan fingerprint density at radius 3 is 2.52 bits per heavy atom. The van der Waals surface area contributed by atoms with Crippen molar-refractivity contribution in [2.75, 3.05) is 5.32 Å². The first kappa shape index (κ1) is 19.2. The maximum absolute atomic E-state index is 12.1. The maximum Gasteiger partial charge on any atom is 0.336 e. The first-order valence-corrected chi connectivity index (χ1v) is 10.1. The number of carbonyl (C=O) groups excluding carboxylic acids is 1. The molecular weight excluding hydrogens is 364 g/mol. The third-order valence-electron chi connectivity index (χ3n) is 5.38. The fourth-order valence-electron chi connectivity index (χ4n) is 3.59. The Bertz CT molecular complexity index is 1110. The minimum atomic E-state index is -0.349. The van der Waals surface area contributed by atoms with Crippen molar-refractivity contribution < 1.29 is 9.21 Å². The summed E-state index contributed by atoms with van der Waals surface area (Å²) in [5.41, 5.74) is 5.09. The average Bonchev–Trinajstić information content (AvgIpc) is 3.49. The van der Waals surface area contributed by atoms with Gasteiger partial charge in [0.1, 0.15) is 5.58 Å². The molecule has 0 atom stereocenters. The zero-order valence-electron chi connectivity index (χ0n) is 17.0. The van der Waals surface area contributed by atoms with Crippen molar-refractivity contribution in [2.45, 2.75) is 52.1 Å². The summed E-state index contributed by atoms with van der Waals surface area (Å²) in [7, 11) is 0. The highest BCUT2D eigenvalue weighted by atomic mass is 16.4. The van der Waals surface area contributed by atoms with E-state index in [1.165, 1.54) is 5.56 Å². The Kier molecular flexibility index (Phi) is 5.14. The summed E-state index contributed by atoms with van der Waals surface area (Å²) in [6.45, 7) is 6.86. The summed E-state index contributed by atoms with van der Waals surface area (Å²) in [5, 5.41) is 7.29. The summed E-state index contributed by atoms with van der Waals surface area (Å²) in [4.78, 5) is 24.1. The van der Waals surface area contributed by atoms with Crippen molar-refractivity contribution in [3.8, 4) is 0 Å². The number of anilines is 1. The summed E-state index contributed by atoms with van der Waals surface area (Å²) in [5.74, 6) is 0.365. The lowest BCUT2D eigenvalue weighted by Gasteiger charge is -2.14. The quantitative estimate of drug-likeness (QED) is 0.597. The number of rotatable bonds is 6. The van der Waals surface area contributed by atoms with E-state index in [4.69, 9.17) is 4.42 Å². The van der Waals surface area contributed by atoms with Crippen molar-refractivity contribution in [1.29, 1.82) is 0 Å². The smallest absolute Gasteiger partial charge is 0.336 e. The lowest BCUT2D eigenvalue weighted by atomic mass is 9.95. The molecule has 2 N–H and O–H groups in total. The fraction of sp³-hybridized carbons (Fsp3) is 0.333. The zero-order valence-corrected chi connectivity index (χ0v) is 17.0. The van der Waals surface area contributed by atoms with Crippen LogP contribution >= 0.6 is 0 Å². The monoisotopic (exact) mass is 390 g/mol. The van der Waals surface area contributed by atoms with E-state index < -0.39 is 0 Å². The molecule has 29 heavy (non-hydrogen) atoms. The molecule has 1 fully saturated rings. The molecule has 4 rings (SSSR count). The fourth-order valence-corrected chi connectivity index (χ4v) is 3.59. The second-order valence-electron chi connectivity index (χ2n) is 8.13. The van der Waals surface area contributed by atoms with Crippen LogP contribution < -0.4 is 16.3 Å². The van der Waals surface area contributed by atoms with Gasteiger partial charge in [-0.05, 0) is 78.8 Å². The van der Waals surface area contributed by atoms with E-state index in [1.54, 1.807) is 6.07 Å². The molecule has 3 aromatic rings. The minimum absolute atomic E-state index is 0.0257. The molecule has 0 unspecified atom stereocenters. The largest absolute Gasteiger partial charge is 0.423 e. The molecule has 1 aromatic heterocycles. The van der Waals surface area contributed by atoms with Gasteiger partial charge in [0.2, 0.25) is 0 Å². The Hall–Kier alpha value is -3.08. The second kappa shape index (κ2) is 7.74. The molecular formula is C24H26N2O3. The van der Waals surface area contributed by atoms with E-state index in [-0.39, 0.29) is 11.5 Å². The van der Waals surface area contributed by atoms with Crippen LogP contribution in [-0.2, 0) is 6.54 Å². The summed E-state index contributed by atoms with van der Waals surface area (Å²) in [6.07, 6.45) is 2.14. The zero-order chi connectivity index (χ0) is 20.5. The molecule has 1 aliphatic carbocycles. The summed E-state index contributed by atoms with van der Waals surface area (Å²) < 4.78 is 5.42. The number of aryl methyl sites for hydroxylation is 1. The maximum atomic E-state index is 12.1. The minimum Gasteiger partial charge on any atom is -0.423 e. The van der Waals surface area contributed by atoms with Crippen LogP contribution in [-0.4, -0.2) is 11.9 Å². The lowest BCUT2D eigenvalue weighted by Crippen LogP contribution is -2.25. The van der Waals surface area contributed by atoms with Crippen molar-refractivity contribution in [3.05, 3.63) is 75.1 Å². The SMILES string of the molecule is Cc1cc2oc(=O)cc(CNc3ccc(C(=O)NC4CC4)cc3)c2cc1C(C)C.